The summed E-state index contributed by atoms with van der Waals surface area (Å²) < 4.78 is 0. The van der Waals surface area contributed by atoms with Gasteiger partial charge in [0.05, 0.1) is 0 Å². The first kappa shape index (κ1) is 11.5. The molecular formula is C11H21NO2. The van der Waals surface area contributed by atoms with Crippen LogP contribution in [0.15, 0.2) is 0 Å². The van der Waals surface area contributed by atoms with Crippen LogP contribution < -0.4 is 5.73 Å². The third-order valence-corrected chi connectivity index (χ3v) is 3.03. The molecule has 14 heavy (non-hydrogen) atoms. The Kier molecular flexibility index (Phi) is 3.53. The summed E-state index contributed by atoms with van der Waals surface area (Å²) in [5.41, 5.74) is 4.63. The Morgan fingerprint density at radius 2 is 2.21 bits per heavy atom. The lowest BCUT2D eigenvalue weighted by atomic mass is 9.88. The molecule has 3 nitrogen and oxygen atoms in total. The van der Waals surface area contributed by atoms with Crippen molar-refractivity contribution >= 4 is 5.97 Å². The number of rotatable bonds is 6. The zero-order valence-electron chi connectivity index (χ0n) is 9.12. The highest BCUT2D eigenvalue weighted by Crippen LogP contribution is 2.35. The largest absolute Gasteiger partial charge is 0.480 e. The number of carbonyl (C=O) groups is 1. The summed E-state index contributed by atoms with van der Waals surface area (Å²) in [6.07, 6.45) is 5.67. The normalized spacial score (nSPS) is 22.8. The smallest absolute Gasteiger partial charge is 0.323 e. The highest BCUT2D eigenvalue weighted by atomic mass is 16.4. The standard InChI is InChI=1S/C11H21NO2/c1-8(3-4-9-5-6-9)7-11(2,12)10(13)14/h8-9H,3-7,12H2,1-2H3,(H,13,14). The maximum atomic E-state index is 10.8. The van der Waals surface area contributed by atoms with Crippen molar-refractivity contribution in [3.63, 3.8) is 0 Å². The molecule has 3 N–H and O–H groups in total. The van der Waals surface area contributed by atoms with Gasteiger partial charge in [0.2, 0.25) is 0 Å². The van der Waals surface area contributed by atoms with Crippen LogP contribution in [0.4, 0.5) is 0 Å². The van der Waals surface area contributed by atoms with Crippen LogP contribution in [0.3, 0.4) is 0 Å². The summed E-state index contributed by atoms with van der Waals surface area (Å²) >= 11 is 0. The zero-order valence-corrected chi connectivity index (χ0v) is 9.12. The van der Waals surface area contributed by atoms with Gasteiger partial charge < -0.3 is 10.8 Å². The molecule has 0 radical (unpaired) electrons. The van der Waals surface area contributed by atoms with Gasteiger partial charge in [-0.25, -0.2) is 0 Å². The van der Waals surface area contributed by atoms with E-state index in [9.17, 15) is 4.79 Å². The monoisotopic (exact) mass is 199 g/mol. The molecular weight excluding hydrogens is 178 g/mol. The molecule has 0 saturated heterocycles. The van der Waals surface area contributed by atoms with Crippen molar-refractivity contribution in [3.8, 4) is 0 Å². The van der Waals surface area contributed by atoms with Crippen LogP contribution in [0, 0.1) is 11.8 Å². The summed E-state index contributed by atoms with van der Waals surface area (Å²) in [6.45, 7) is 3.69. The number of hydrogen-bond donors (Lipinski definition) is 2. The third-order valence-electron chi connectivity index (χ3n) is 3.03. The van der Waals surface area contributed by atoms with Gasteiger partial charge in [0.25, 0.3) is 0 Å². The molecule has 0 heterocycles. The fraction of sp³-hybridized carbons (Fsp3) is 0.909. The molecule has 0 spiro atoms. The molecule has 1 fully saturated rings. The van der Waals surface area contributed by atoms with E-state index in [1.165, 1.54) is 19.3 Å². The summed E-state index contributed by atoms with van der Waals surface area (Å²) in [4.78, 5) is 10.8. The molecule has 0 aromatic rings. The fourth-order valence-electron chi connectivity index (χ4n) is 1.84. The topological polar surface area (TPSA) is 63.3 Å². The second-order valence-electron chi connectivity index (χ2n) is 5.05. The average molecular weight is 199 g/mol. The van der Waals surface area contributed by atoms with Gasteiger partial charge in [-0.2, -0.15) is 0 Å². The minimum atomic E-state index is -1.05. The first-order valence-electron chi connectivity index (χ1n) is 5.44. The van der Waals surface area contributed by atoms with Crippen LogP contribution in [0.25, 0.3) is 0 Å². The minimum Gasteiger partial charge on any atom is -0.480 e. The van der Waals surface area contributed by atoms with Gasteiger partial charge in [0.1, 0.15) is 5.54 Å². The molecule has 82 valence electrons. The lowest BCUT2D eigenvalue weighted by Gasteiger charge is -2.23. The van der Waals surface area contributed by atoms with Gasteiger partial charge in [-0.3, -0.25) is 4.79 Å². The maximum absolute atomic E-state index is 10.8. The van der Waals surface area contributed by atoms with Gasteiger partial charge in [0.15, 0.2) is 0 Å². The average Bonchev–Trinajstić information content (AvgIpc) is 2.82. The van der Waals surface area contributed by atoms with Crippen molar-refractivity contribution < 1.29 is 9.90 Å². The Bertz CT molecular complexity index is 209. The van der Waals surface area contributed by atoms with E-state index in [1.807, 2.05) is 0 Å². The van der Waals surface area contributed by atoms with Crippen molar-refractivity contribution in [2.75, 3.05) is 0 Å². The minimum absolute atomic E-state index is 0.418. The number of hydrogen-bond acceptors (Lipinski definition) is 2. The van der Waals surface area contributed by atoms with Crippen molar-refractivity contribution in [1.82, 2.24) is 0 Å². The summed E-state index contributed by atoms with van der Waals surface area (Å²) in [5, 5.41) is 8.85. The maximum Gasteiger partial charge on any atom is 0.323 e. The SMILES string of the molecule is CC(CCC1CC1)CC(C)(N)C(=O)O. The van der Waals surface area contributed by atoms with E-state index >= 15 is 0 Å². The van der Waals surface area contributed by atoms with Gasteiger partial charge in [-0.15, -0.1) is 0 Å². The lowest BCUT2D eigenvalue weighted by molar-refractivity contribution is -0.143. The number of carboxylic acids is 1. The molecule has 0 aromatic heterocycles. The molecule has 1 aliphatic rings. The van der Waals surface area contributed by atoms with Crippen LogP contribution in [0.2, 0.25) is 0 Å². The Labute approximate surface area is 85.7 Å². The quantitative estimate of drug-likeness (QED) is 0.687. The summed E-state index contributed by atoms with van der Waals surface area (Å²) in [5.74, 6) is 0.448. The Balaban J connectivity index is 2.23. The number of aliphatic carboxylic acids is 1. The first-order valence-corrected chi connectivity index (χ1v) is 5.44. The van der Waals surface area contributed by atoms with Crippen molar-refractivity contribution in [2.45, 2.75) is 51.5 Å². The van der Waals surface area contributed by atoms with Gasteiger partial charge in [-0.05, 0) is 25.2 Å². The van der Waals surface area contributed by atoms with Crippen molar-refractivity contribution in [3.05, 3.63) is 0 Å². The van der Waals surface area contributed by atoms with E-state index in [1.54, 1.807) is 6.92 Å². The van der Waals surface area contributed by atoms with Gasteiger partial charge in [0, 0.05) is 0 Å². The lowest BCUT2D eigenvalue weighted by Crippen LogP contribution is -2.46. The molecule has 0 bridgehead atoms. The molecule has 2 atom stereocenters. The van der Waals surface area contributed by atoms with E-state index < -0.39 is 11.5 Å². The third kappa shape index (κ3) is 3.66. The summed E-state index contributed by atoms with van der Waals surface area (Å²) in [7, 11) is 0. The Morgan fingerprint density at radius 3 is 2.64 bits per heavy atom. The summed E-state index contributed by atoms with van der Waals surface area (Å²) in [6, 6.07) is 0. The molecule has 1 rings (SSSR count). The predicted octanol–water partition coefficient (Wildman–Crippen LogP) is 2.00. The van der Waals surface area contributed by atoms with Gasteiger partial charge >= 0.3 is 5.97 Å². The number of nitrogens with two attached hydrogens (primary N) is 1. The molecule has 1 aliphatic carbocycles. The van der Waals surface area contributed by atoms with E-state index in [4.69, 9.17) is 10.8 Å². The first-order chi connectivity index (χ1) is 6.42. The predicted molar refractivity (Wildman–Crippen MR) is 56.0 cm³/mol. The van der Waals surface area contributed by atoms with Crippen molar-refractivity contribution in [1.29, 1.82) is 0 Å². The fourth-order valence-corrected chi connectivity index (χ4v) is 1.84. The molecule has 0 aliphatic heterocycles. The number of carboxylic acid groups (broad SMARTS) is 1. The second-order valence-corrected chi connectivity index (χ2v) is 5.05. The van der Waals surface area contributed by atoms with Crippen LogP contribution >= 0.6 is 0 Å². The van der Waals surface area contributed by atoms with Gasteiger partial charge in [-0.1, -0.05) is 32.6 Å². The Morgan fingerprint density at radius 1 is 1.64 bits per heavy atom. The molecule has 0 amide bonds. The van der Waals surface area contributed by atoms with E-state index in [2.05, 4.69) is 6.92 Å². The molecule has 1 saturated carbocycles. The van der Waals surface area contributed by atoms with E-state index in [0.29, 0.717) is 12.3 Å². The zero-order chi connectivity index (χ0) is 10.8. The van der Waals surface area contributed by atoms with E-state index in [0.717, 1.165) is 12.3 Å². The van der Waals surface area contributed by atoms with Crippen LogP contribution in [-0.2, 0) is 4.79 Å². The molecule has 3 heteroatoms. The molecule has 0 aromatic carbocycles. The highest BCUT2D eigenvalue weighted by Gasteiger charge is 2.30. The molecule has 2 unspecified atom stereocenters. The van der Waals surface area contributed by atoms with Crippen LogP contribution in [0.5, 0.6) is 0 Å². The second kappa shape index (κ2) is 4.30. The van der Waals surface area contributed by atoms with E-state index in [-0.39, 0.29) is 0 Å². The van der Waals surface area contributed by atoms with Crippen molar-refractivity contribution in [2.24, 2.45) is 17.6 Å². The highest BCUT2D eigenvalue weighted by molar-refractivity contribution is 5.77. The van der Waals surface area contributed by atoms with Crippen LogP contribution in [-0.4, -0.2) is 16.6 Å². The Hall–Kier alpha value is -0.570. The van der Waals surface area contributed by atoms with Crippen LogP contribution in [0.1, 0.15) is 46.0 Å².